The van der Waals surface area contributed by atoms with Crippen LogP contribution in [0.5, 0.6) is 0 Å². The van der Waals surface area contributed by atoms with Crippen LogP contribution in [0.2, 0.25) is 0 Å². The summed E-state index contributed by atoms with van der Waals surface area (Å²) in [5, 5.41) is 5.85. The summed E-state index contributed by atoms with van der Waals surface area (Å²) in [6.07, 6.45) is 1.56. The first-order chi connectivity index (χ1) is 12.6. The first kappa shape index (κ1) is 16.5. The zero-order valence-electron chi connectivity index (χ0n) is 13.6. The number of hydrazone groups is 1. The van der Waals surface area contributed by atoms with E-state index in [1.807, 2.05) is 54.6 Å². The van der Waals surface area contributed by atoms with E-state index in [9.17, 15) is 9.59 Å². The van der Waals surface area contributed by atoms with Crippen molar-refractivity contribution >= 4 is 50.4 Å². The highest BCUT2D eigenvalue weighted by Gasteiger charge is 2.30. The Morgan fingerprint density at radius 3 is 2.69 bits per heavy atom. The molecule has 0 aromatic heterocycles. The minimum atomic E-state index is -0.352. The van der Waals surface area contributed by atoms with Gasteiger partial charge in [-0.15, -0.1) is 0 Å². The maximum absolute atomic E-state index is 12.6. The van der Waals surface area contributed by atoms with Crippen molar-refractivity contribution in [2.75, 3.05) is 11.4 Å². The van der Waals surface area contributed by atoms with Crippen LogP contribution in [0, 0.1) is 0 Å². The van der Waals surface area contributed by atoms with Crippen LogP contribution < -0.4 is 10.3 Å². The number of nitrogens with one attached hydrogen (secondary N) is 1. The first-order valence-corrected chi connectivity index (χ1v) is 8.84. The largest absolute Gasteiger partial charge is 0.298 e. The van der Waals surface area contributed by atoms with E-state index in [4.69, 9.17) is 0 Å². The van der Waals surface area contributed by atoms with Crippen molar-refractivity contribution in [1.82, 2.24) is 5.43 Å². The third-order valence-corrected chi connectivity index (χ3v) is 4.70. The molecule has 0 unspecified atom stereocenters. The van der Waals surface area contributed by atoms with Crippen molar-refractivity contribution in [1.29, 1.82) is 0 Å². The molecule has 6 heteroatoms. The third-order valence-electron chi connectivity index (χ3n) is 4.20. The fourth-order valence-corrected chi connectivity index (χ4v) is 3.50. The molecule has 3 aromatic rings. The van der Waals surface area contributed by atoms with Gasteiger partial charge in [-0.2, -0.15) is 5.10 Å². The lowest BCUT2D eigenvalue weighted by atomic mass is 10.1. The fraction of sp³-hybridized carbons (Fsp3) is 0.0500. The average molecular weight is 408 g/mol. The van der Waals surface area contributed by atoms with Crippen molar-refractivity contribution in [3.8, 4) is 0 Å². The second-order valence-electron chi connectivity index (χ2n) is 5.92. The van der Waals surface area contributed by atoms with Gasteiger partial charge in [0.05, 0.1) is 11.9 Å². The molecule has 1 aliphatic heterocycles. The summed E-state index contributed by atoms with van der Waals surface area (Å²) < 4.78 is 0.932. The van der Waals surface area contributed by atoms with Gasteiger partial charge in [0.1, 0.15) is 6.54 Å². The lowest BCUT2D eigenvalue weighted by Gasteiger charge is -2.16. The van der Waals surface area contributed by atoms with Crippen LogP contribution in [0.15, 0.2) is 70.2 Å². The number of hydrogen-bond donors (Lipinski definition) is 1. The molecule has 0 radical (unpaired) electrons. The summed E-state index contributed by atoms with van der Waals surface area (Å²) >= 11 is 3.38. The van der Waals surface area contributed by atoms with Crippen LogP contribution in [0.4, 0.5) is 5.69 Å². The summed E-state index contributed by atoms with van der Waals surface area (Å²) in [5.74, 6) is -0.516. The van der Waals surface area contributed by atoms with Gasteiger partial charge in [0, 0.05) is 15.4 Å². The maximum Gasteiger partial charge on any atom is 0.260 e. The number of anilines is 1. The maximum atomic E-state index is 12.6. The van der Waals surface area contributed by atoms with Crippen molar-refractivity contribution in [2.24, 2.45) is 5.10 Å². The predicted molar refractivity (Wildman–Crippen MR) is 106 cm³/mol. The Balaban J connectivity index is 1.49. The van der Waals surface area contributed by atoms with Crippen molar-refractivity contribution in [2.45, 2.75) is 0 Å². The molecule has 5 nitrogen and oxygen atoms in total. The van der Waals surface area contributed by atoms with Gasteiger partial charge in [-0.25, -0.2) is 5.43 Å². The molecule has 1 aliphatic rings. The molecule has 0 fully saturated rings. The van der Waals surface area contributed by atoms with Gasteiger partial charge < -0.3 is 0 Å². The van der Waals surface area contributed by atoms with Crippen LogP contribution in [0.1, 0.15) is 15.9 Å². The molecule has 3 aromatic carbocycles. The molecule has 0 saturated heterocycles. The Bertz CT molecular complexity index is 1060. The van der Waals surface area contributed by atoms with Crippen LogP contribution in [0.25, 0.3) is 10.8 Å². The van der Waals surface area contributed by atoms with Gasteiger partial charge in [-0.3, -0.25) is 14.5 Å². The Morgan fingerprint density at radius 1 is 1.12 bits per heavy atom. The van der Waals surface area contributed by atoms with Gasteiger partial charge in [0.2, 0.25) is 0 Å². The van der Waals surface area contributed by atoms with Crippen LogP contribution in [0.3, 0.4) is 0 Å². The Morgan fingerprint density at radius 2 is 1.88 bits per heavy atom. The van der Waals surface area contributed by atoms with E-state index in [1.54, 1.807) is 12.3 Å². The quantitative estimate of drug-likeness (QED) is 0.529. The van der Waals surface area contributed by atoms with E-state index >= 15 is 0 Å². The van der Waals surface area contributed by atoms with Crippen molar-refractivity contribution < 1.29 is 9.59 Å². The topological polar surface area (TPSA) is 61.8 Å². The fourth-order valence-electron chi connectivity index (χ4n) is 3.08. The molecular weight excluding hydrogens is 394 g/mol. The Labute approximate surface area is 158 Å². The first-order valence-electron chi connectivity index (χ1n) is 8.04. The van der Waals surface area contributed by atoms with Crippen LogP contribution in [-0.2, 0) is 4.79 Å². The number of rotatable bonds is 4. The number of halogens is 1. The monoisotopic (exact) mass is 407 g/mol. The summed E-state index contributed by atoms with van der Waals surface area (Å²) in [7, 11) is 0. The summed E-state index contributed by atoms with van der Waals surface area (Å²) in [4.78, 5) is 26.4. The van der Waals surface area contributed by atoms with E-state index in [0.29, 0.717) is 5.56 Å². The number of amides is 2. The zero-order chi connectivity index (χ0) is 18.1. The Kier molecular flexibility index (Phi) is 4.26. The van der Waals surface area contributed by atoms with Crippen LogP contribution in [-0.4, -0.2) is 24.6 Å². The number of carbonyl (C=O) groups excluding carboxylic acids is 2. The average Bonchev–Trinajstić information content (AvgIpc) is 2.90. The van der Waals surface area contributed by atoms with Gasteiger partial charge in [0.25, 0.3) is 11.8 Å². The highest BCUT2D eigenvalue weighted by Crippen LogP contribution is 2.36. The molecule has 128 valence electrons. The highest BCUT2D eigenvalue weighted by molar-refractivity contribution is 9.10. The van der Waals surface area contributed by atoms with E-state index in [2.05, 4.69) is 26.5 Å². The second kappa shape index (κ2) is 6.72. The third kappa shape index (κ3) is 2.99. The van der Waals surface area contributed by atoms with Gasteiger partial charge in [0.15, 0.2) is 0 Å². The van der Waals surface area contributed by atoms with E-state index < -0.39 is 0 Å². The van der Waals surface area contributed by atoms with E-state index in [-0.39, 0.29) is 18.4 Å². The standard InChI is InChI=1S/C20H14BrN3O2/c21-15-7-1-4-13(10-15)11-22-23-18(25)12-24-17-9-3-6-14-5-2-8-16(19(14)17)20(24)26/h1-11H,12H2,(H,23,25)/b22-11-. The molecule has 0 aliphatic carbocycles. The second-order valence-corrected chi connectivity index (χ2v) is 6.84. The van der Waals surface area contributed by atoms with E-state index in [1.165, 1.54) is 4.90 Å². The molecule has 2 amide bonds. The normalized spacial score (nSPS) is 13.0. The summed E-state index contributed by atoms with van der Waals surface area (Å²) in [6, 6.07) is 18.9. The molecule has 0 bridgehead atoms. The molecule has 1 heterocycles. The molecule has 1 N–H and O–H groups in total. The molecule has 0 spiro atoms. The zero-order valence-corrected chi connectivity index (χ0v) is 15.2. The number of benzene rings is 3. The smallest absolute Gasteiger partial charge is 0.260 e. The van der Waals surface area contributed by atoms with Gasteiger partial charge in [-0.05, 0) is 35.2 Å². The van der Waals surface area contributed by atoms with Crippen molar-refractivity contribution in [3.63, 3.8) is 0 Å². The number of carbonyl (C=O) groups is 2. The van der Waals surface area contributed by atoms with Gasteiger partial charge >= 0.3 is 0 Å². The molecule has 0 atom stereocenters. The lowest BCUT2D eigenvalue weighted by molar-refractivity contribution is -0.119. The SMILES string of the molecule is O=C(CN1C(=O)c2cccc3cccc1c23)N/N=C\c1cccc(Br)c1. The van der Waals surface area contributed by atoms with Crippen LogP contribution >= 0.6 is 15.9 Å². The minimum Gasteiger partial charge on any atom is -0.298 e. The summed E-state index contributed by atoms with van der Waals surface area (Å²) in [5.41, 5.74) is 4.72. The Hall–Kier alpha value is -2.99. The summed E-state index contributed by atoms with van der Waals surface area (Å²) in [6.45, 7) is -0.0809. The molecular formula is C20H14BrN3O2. The predicted octanol–water partition coefficient (Wildman–Crippen LogP) is 3.71. The minimum absolute atomic E-state index is 0.0809. The molecule has 26 heavy (non-hydrogen) atoms. The van der Waals surface area contributed by atoms with Gasteiger partial charge in [-0.1, -0.05) is 52.3 Å². The number of hydrogen-bond acceptors (Lipinski definition) is 3. The number of nitrogens with zero attached hydrogens (tertiary/aromatic N) is 2. The molecule has 0 saturated carbocycles. The van der Waals surface area contributed by atoms with E-state index in [0.717, 1.165) is 26.5 Å². The van der Waals surface area contributed by atoms with Crippen molar-refractivity contribution in [3.05, 3.63) is 76.3 Å². The lowest BCUT2D eigenvalue weighted by Crippen LogP contribution is -2.37. The highest BCUT2D eigenvalue weighted by atomic mass is 79.9. The molecule has 4 rings (SSSR count).